The van der Waals surface area contributed by atoms with Crippen molar-refractivity contribution in [2.75, 3.05) is 5.32 Å². The molecule has 0 saturated carbocycles. The van der Waals surface area contributed by atoms with Gasteiger partial charge in [0.1, 0.15) is 0 Å². The Morgan fingerprint density at radius 3 is 2.24 bits per heavy atom. The number of nitrogens with two attached hydrogens (primary N) is 2. The standard InChI is InChI=1S/C24H21F2N5O2/c1-24(25,26)18-5-3-2-4-16(18)13-31-20-11-8-15(22(28)33)12-19(20)30-23(31)29-17-9-6-14(7-10-17)21(27)32/h2-12H,13H2,1H3,(H2,27,32)(H2,28,33)(H,29,30). The molecule has 0 unspecified atom stereocenters. The number of carbonyl (C=O) groups is 2. The second-order valence-corrected chi connectivity index (χ2v) is 7.70. The van der Waals surface area contributed by atoms with Crippen molar-refractivity contribution in [2.45, 2.75) is 19.4 Å². The van der Waals surface area contributed by atoms with E-state index in [1.807, 2.05) is 0 Å². The van der Waals surface area contributed by atoms with Gasteiger partial charge in [0, 0.05) is 29.3 Å². The van der Waals surface area contributed by atoms with E-state index in [2.05, 4.69) is 10.3 Å². The highest BCUT2D eigenvalue weighted by Crippen LogP contribution is 2.32. The second kappa shape index (κ2) is 8.34. The lowest BCUT2D eigenvalue weighted by Crippen LogP contribution is -2.14. The first kappa shape index (κ1) is 21.9. The molecule has 1 heterocycles. The van der Waals surface area contributed by atoms with Gasteiger partial charge >= 0.3 is 0 Å². The topological polar surface area (TPSA) is 116 Å². The summed E-state index contributed by atoms with van der Waals surface area (Å²) in [5.41, 5.74) is 13.4. The molecule has 4 rings (SSSR count). The predicted octanol–water partition coefficient (Wildman–Crippen LogP) is 4.14. The number of halogens is 2. The number of alkyl halides is 2. The molecule has 33 heavy (non-hydrogen) atoms. The molecular weight excluding hydrogens is 428 g/mol. The third-order valence-electron chi connectivity index (χ3n) is 5.28. The van der Waals surface area contributed by atoms with Crippen LogP contribution in [0.2, 0.25) is 0 Å². The largest absolute Gasteiger partial charge is 0.366 e. The molecule has 0 radical (unpaired) electrons. The fraction of sp³-hybridized carbons (Fsp3) is 0.125. The Morgan fingerprint density at radius 2 is 1.61 bits per heavy atom. The van der Waals surface area contributed by atoms with Crippen molar-refractivity contribution < 1.29 is 18.4 Å². The maximum absolute atomic E-state index is 14.2. The van der Waals surface area contributed by atoms with Crippen molar-refractivity contribution in [3.05, 3.63) is 89.0 Å². The van der Waals surface area contributed by atoms with Crippen molar-refractivity contribution in [3.8, 4) is 0 Å². The molecule has 0 spiro atoms. The van der Waals surface area contributed by atoms with E-state index in [-0.39, 0.29) is 17.7 Å². The molecule has 0 atom stereocenters. The van der Waals surface area contributed by atoms with E-state index >= 15 is 0 Å². The van der Waals surface area contributed by atoms with E-state index in [9.17, 15) is 18.4 Å². The molecule has 0 aliphatic heterocycles. The maximum atomic E-state index is 14.2. The van der Waals surface area contributed by atoms with Crippen LogP contribution in [0.15, 0.2) is 66.7 Å². The summed E-state index contributed by atoms with van der Waals surface area (Å²) < 4.78 is 30.2. The Hall–Kier alpha value is -4.27. The molecular formula is C24H21F2N5O2. The highest BCUT2D eigenvalue weighted by molar-refractivity contribution is 5.97. The van der Waals surface area contributed by atoms with Crippen molar-refractivity contribution in [3.63, 3.8) is 0 Å². The quantitative estimate of drug-likeness (QED) is 0.393. The lowest BCUT2D eigenvalue weighted by atomic mass is 10.0. The van der Waals surface area contributed by atoms with E-state index < -0.39 is 17.7 Å². The van der Waals surface area contributed by atoms with Crippen LogP contribution in [-0.2, 0) is 12.5 Å². The summed E-state index contributed by atoms with van der Waals surface area (Å²) in [5, 5.41) is 3.15. The maximum Gasteiger partial charge on any atom is 0.270 e. The third-order valence-corrected chi connectivity index (χ3v) is 5.28. The summed E-state index contributed by atoms with van der Waals surface area (Å²) in [6, 6.07) is 17.6. The number of imidazole rings is 1. The smallest absolute Gasteiger partial charge is 0.270 e. The predicted molar refractivity (Wildman–Crippen MR) is 122 cm³/mol. The van der Waals surface area contributed by atoms with Gasteiger partial charge in [0.05, 0.1) is 17.6 Å². The number of benzene rings is 3. The number of carbonyl (C=O) groups excluding carboxylic acids is 2. The van der Waals surface area contributed by atoms with Gasteiger partial charge in [-0.2, -0.15) is 0 Å². The van der Waals surface area contributed by atoms with Crippen LogP contribution >= 0.6 is 0 Å². The average Bonchev–Trinajstić information content (AvgIpc) is 3.10. The van der Waals surface area contributed by atoms with E-state index in [4.69, 9.17) is 11.5 Å². The normalized spacial score (nSPS) is 11.5. The van der Waals surface area contributed by atoms with E-state index in [0.29, 0.717) is 33.8 Å². The number of hydrogen-bond acceptors (Lipinski definition) is 4. The van der Waals surface area contributed by atoms with Gasteiger partial charge in [0.25, 0.3) is 5.92 Å². The van der Waals surface area contributed by atoms with E-state index in [1.165, 1.54) is 6.07 Å². The minimum atomic E-state index is -3.02. The molecule has 1 aromatic heterocycles. The van der Waals surface area contributed by atoms with Crippen LogP contribution in [0.1, 0.15) is 38.8 Å². The fourth-order valence-corrected chi connectivity index (χ4v) is 3.64. The molecule has 168 valence electrons. The number of aromatic nitrogens is 2. The number of hydrogen-bond donors (Lipinski definition) is 3. The zero-order valence-electron chi connectivity index (χ0n) is 17.7. The lowest BCUT2D eigenvalue weighted by Gasteiger charge is -2.18. The van der Waals surface area contributed by atoms with E-state index in [1.54, 1.807) is 65.2 Å². The molecule has 0 aliphatic carbocycles. The Labute approximate surface area is 188 Å². The molecule has 0 bridgehead atoms. The minimum Gasteiger partial charge on any atom is -0.366 e. The van der Waals surface area contributed by atoms with Gasteiger partial charge in [-0.1, -0.05) is 24.3 Å². The Morgan fingerprint density at radius 1 is 0.970 bits per heavy atom. The summed E-state index contributed by atoms with van der Waals surface area (Å²) in [4.78, 5) is 27.5. The minimum absolute atomic E-state index is 0.0858. The van der Waals surface area contributed by atoms with Gasteiger partial charge in [-0.25, -0.2) is 13.8 Å². The zero-order valence-corrected chi connectivity index (χ0v) is 17.7. The number of anilines is 2. The van der Waals surface area contributed by atoms with Gasteiger partial charge < -0.3 is 21.4 Å². The number of rotatable bonds is 7. The average molecular weight is 449 g/mol. The van der Waals surface area contributed by atoms with Crippen LogP contribution in [0.3, 0.4) is 0 Å². The van der Waals surface area contributed by atoms with Crippen LogP contribution in [0.4, 0.5) is 20.4 Å². The SMILES string of the molecule is CC(F)(F)c1ccccc1Cn1c(Nc2ccc(C(N)=O)cc2)nc2cc(C(N)=O)ccc21. The van der Waals surface area contributed by atoms with Gasteiger partial charge in [0.2, 0.25) is 17.8 Å². The van der Waals surface area contributed by atoms with Gasteiger partial charge in [-0.3, -0.25) is 9.59 Å². The number of nitrogens with one attached hydrogen (secondary N) is 1. The third kappa shape index (κ3) is 4.52. The van der Waals surface area contributed by atoms with Crippen LogP contribution in [0.5, 0.6) is 0 Å². The summed E-state index contributed by atoms with van der Waals surface area (Å²) >= 11 is 0. The molecule has 5 N–H and O–H groups in total. The van der Waals surface area contributed by atoms with Crippen molar-refractivity contribution in [1.29, 1.82) is 0 Å². The first-order valence-corrected chi connectivity index (χ1v) is 10.1. The molecule has 0 aliphatic rings. The van der Waals surface area contributed by atoms with Gasteiger partial charge in [-0.15, -0.1) is 0 Å². The first-order valence-electron chi connectivity index (χ1n) is 10.1. The van der Waals surface area contributed by atoms with Crippen LogP contribution in [-0.4, -0.2) is 21.4 Å². The van der Waals surface area contributed by atoms with Crippen molar-refractivity contribution in [1.82, 2.24) is 9.55 Å². The molecule has 4 aromatic rings. The number of nitrogens with zero attached hydrogens (tertiary/aromatic N) is 2. The summed E-state index contributed by atoms with van der Waals surface area (Å²) in [5.74, 6) is -3.80. The van der Waals surface area contributed by atoms with Gasteiger partial charge in [0.15, 0.2) is 0 Å². The number of amides is 2. The molecule has 7 nitrogen and oxygen atoms in total. The van der Waals surface area contributed by atoms with Gasteiger partial charge in [-0.05, 0) is 48.0 Å². The Bertz CT molecular complexity index is 1360. The van der Waals surface area contributed by atoms with Crippen LogP contribution in [0.25, 0.3) is 11.0 Å². The lowest BCUT2D eigenvalue weighted by molar-refractivity contribution is 0.0164. The second-order valence-electron chi connectivity index (χ2n) is 7.70. The monoisotopic (exact) mass is 449 g/mol. The molecule has 3 aromatic carbocycles. The van der Waals surface area contributed by atoms with E-state index in [0.717, 1.165) is 6.92 Å². The molecule has 9 heteroatoms. The fourth-order valence-electron chi connectivity index (χ4n) is 3.64. The number of primary amides is 2. The Balaban J connectivity index is 1.81. The molecule has 0 saturated heterocycles. The first-order chi connectivity index (χ1) is 15.6. The Kier molecular flexibility index (Phi) is 5.55. The summed E-state index contributed by atoms with van der Waals surface area (Å²) in [7, 11) is 0. The van der Waals surface area contributed by atoms with Crippen molar-refractivity contribution >= 4 is 34.5 Å². The van der Waals surface area contributed by atoms with Crippen LogP contribution in [0, 0.1) is 0 Å². The molecule has 2 amide bonds. The highest BCUT2D eigenvalue weighted by Gasteiger charge is 2.27. The number of fused-ring (bicyclic) bond motifs is 1. The zero-order chi connectivity index (χ0) is 23.8. The highest BCUT2D eigenvalue weighted by atomic mass is 19.3. The van der Waals surface area contributed by atoms with Crippen LogP contribution < -0.4 is 16.8 Å². The molecule has 0 fully saturated rings. The van der Waals surface area contributed by atoms with Crippen molar-refractivity contribution in [2.24, 2.45) is 11.5 Å². The summed E-state index contributed by atoms with van der Waals surface area (Å²) in [6.07, 6.45) is 0. The summed E-state index contributed by atoms with van der Waals surface area (Å²) in [6.45, 7) is 0.962.